The molecule has 0 aromatic carbocycles. The fraction of sp³-hybridized carbons (Fsp3) is 0.286. The van der Waals surface area contributed by atoms with E-state index >= 15 is 0 Å². The maximum Gasteiger partial charge on any atom is 0.326 e. The maximum atomic E-state index is 12.0. The SMILES string of the molecule is C/C=C/CC(NC(=O)c1cn(Cc2cccs2)nn1)C(=O)O. The molecule has 0 spiro atoms. The zero-order chi connectivity index (χ0) is 15.9. The van der Waals surface area contributed by atoms with Gasteiger partial charge in [-0.3, -0.25) is 4.79 Å². The second-order valence-electron chi connectivity index (χ2n) is 4.55. The first kappa shape index (κ1) is 15.9. The predicted molar refractivity (Wildman–Crippen MR) is 81.8 cm³/mol. The molecule has 2 aromatic heterocycles. The summed E-state index contributed by atoms with van der Waals surface area (Å²) < 4.78 is 1.54. The van der Waals surface area contributed by atoms with Gasteiger partial charge in [-0.1, -0.05) is 23.4 Å². The monoisotopic (exact) mass is 320 g/mol. The molecule has 2 N–H and O–H groups in total. The van der Waals surface area contributed by atoms with Gasteiger partial charge in [0.15, 0.2) is 5.69 Å². The van der Waals surface area contributed by atoms with E-state index in [0.29, 0.717) is 6.54 Å². The summed E-state index contributed by atoms with van der Waals surface area (Å²) in [6.07, 6.45) is 5.15. The molecule has 0 saturated heterocycles. The molecule has 0 aliphatic heterocycles. The summed E-state index contributed by atoms with van der Waals surface area (Å²) in [7, 11) is 0. The Bertz CT molecular complexity index is 663. The van der Waals surface area contributed by atoms with E-state index in [-0.39, 0.29) is 12.1 Å². The zero-order valence-electron chi connectivity index (χ0n) is 12.0. The quantitative estimate of drug-likeness (QED) is 0.754. The summed E-state index contributed by atoms with van der Waals surface area (Å²) in [4.78, 5) is 24.2. The predicted octanol–water partition coefficient (Wildman–Crippen LogP) is 1.54. The van der Waals surface area contributed by atoms with Crippen LogP contribution < -0.4 is 5.32 Å². The average molecular weight is 320 g/mol. The number of carbonyl (C=O) groups excluding carboxylic acids is 1. The number of rotatable bonds is 7. The number of hydrogen-bond donors (Lipinski definition) is 2. The Balaban J connectivity index is 2.00. The highest BCUT2D eigenvalue weighted by molar-refractivity contribution is 7.09. The third-order valence-electron chi connectivity index (χ3n) is 2.88. The van der Waals surface area contributed by atoms with Gasteiger partial charge in [0.25, 0.3) is 5.91 Å². The van der Waals surface area contributed by atoms with Gasteiger partial charge >= 0.3 is 5.97 Å². The number of hydrogen-bond acceptors (Lipinski definition) is 5. The number of nitrogens with one attached hydrogen (secondary N) is 1. The van der Waals surface area contributed by atoms with E-state index < -0.39 is 17.9 Å². The minimum atomic E-state index is -1.09. The Morgan fingerprint density at radius 2 is 2.36 bits per heavy atom. The Morgan fingerprint density at radius 3 is 3.00 bits per heavy atom. The molecule has 0 aliphatic carbocycles. The average Bonchev–Trinajstić information content (AvgIpc) is 3.15. The molecule has 0 bridgehead atoms. The minimum absolute atomic E-state index is 0.100. The van der Waals surface area contributed by atoms with Gasteiger partial charge < -0.3 is 10.4 Å². The molecule has 1 unspecified atom stereocenters. The Hall–Kier alpha value is -2.48. The van der Waals surface area contributed by atoms with Crippen LogP contribution in [-0.2, 0) is 11.3 Å². The van der Waals surface area contributed by atoms with Crippen molar-refractivity contribution in [2.24, 2.45) is 0 Å². The van der Waals surface area contributed by atoms with Crippen molar-refractivity contribution < 1.29 is 14.7 Å². The van der Waals surface area contributed by atoms with E-state index in [4.69, 9.17) is 5.11 Å². The smallest absolute Gasteiger partial charge is 0.326 e. The second kappa shape index (κ2) is 7.51. The van der Waals surface area contributed by atoms with E-state index in [2.05, 4.69) is 15.6 Å². The van der Waals surface area contributed by atoms with Crippen molar-refractivity contribution in [3.05, 3.63) is 46.4 Å². The standard InChI is InChI=1S/C14H16N4O3S/c1-2-3-6-11(14(20)21)15-13(19)12-9-18(17-16-12)8-10-5-4-7-22-10/h2-5,7,9,11H,6,8H2,1H3,(H,15,19)(H,20,21)/b3-2+. The van der Waals surface area contributed by atoms with Crippen molar-refractivity contribution in [2.75, 3.05) is 0 Å². The van der Waals surface area contributed by atoms with Gasteiger partial charge in [-0.05, 0) is 24.8 Å². The molecule has 2 aromatic rings. The maximum absolute atomic E-state index is 12.0. The fourth-order valence-corrected chi connectivity index (χ4v) is 2.46. The summed E-state index contributed by atoms with van der Waals surface area (Å²) in [6.45, 7) is 2.32. The van der Waals surface area contributed by atoms with Gasteiger partial charge in [-0.25, -0.2) is 9.48 Å². The first-order valence-electron chi connectivity index (χ1n) is 6.67. The molecule has 0 saturated carbocycles. The Kier molecular flexibility index (Phi) is 5.42. The lowest BCUT2D eigenvalue weighted by Gasteiger charge is -2.10. The number of allylic oxidation sites excluding steroid dienone is 1. The molecule has 0 aliphatic rings. The molecule has 2 heterocycles. The molecule has 7 nitrogen and oxygen atoms in total. The van der Waals surface area contributed by atoms with Crippen molar-refractivity contribution in [3.63, 3.8) is 0 Å². The molecule has 1 amide bonds. The van der Waals surface area contributed by atoms with Crippen molar-refractivity contribution in [1.29, 1.82) is 0 Å². The molecule has 1 atom stereocenters. The Morgan fingerprint density at radius 1 is 1.55 bits per heavy atom. The molecule has 0 radical (unpaired) electrons. The van der Waals surface area contributed by atoms with E-state index in [1.165, 1.54) is 6.20 Å². The number of aromatic nitrogens is 3. The highest BCUT2D eigenvalue weighted by Gasteiger charge is 2.21. The number of amides is 1. The summed E-state index contributed by atoms with van der Waals surface area (Å²) >= 11 is 1.58. The number of nitrogens with zero attached hydrogens (tertiary/aromatic N) is 3. The van der Waals surface area contributed by atoms with Crippen LogP contribution in [0.15, 0.2) is 35.9 Å². The molecular formula is C14H16N4O3S. The van der Waals surface area contributed by atoms with E-state index in [1.807, 2.05) is 17.5 Å². The first-order valence-corrected chi connectivity index (χ1v) is 7.55. The lowest BCUT2D eigenvalue weighted by Crippen LogP contribution is -2.40. The Labute approximate surface area is 131 Å². The van der Waals surface area contributed by atoms with Crippen LogP contribution in [-0.4, -0.2) is 38.0 Å². The van der Waals surface area contributed by atoms with Gasteiger partial charge in [0.05, 0.1) is 12.7 Å². The van der Waals surface area contributed by atoms with Gasteiger partial charge in [0.1, 0.15) is 6.04 Å². The number of carboxylic acids is 1. The summed E-state index contributed by atoms with van der Waals surface area (Å²) in [5.74, 6) is -1.63. The molecule has 2 rings (SSSR count). The van der Waals surface area contributed by atoms with Crippen molar-refractivity contribution in [2.45, 2.75) is 25.9 Å². The number of carboxylic acid groups (broad SMARTS) is 1. The highest BCUT2D eigenvalue weighted by Crippen LogP contribution is 2.10. The third-order valence-corrected chi connectivity index (χ3v) is 3.74. The van der Waals surface area contributed by atoms with Crippen LogP contribution in [0, 0.1) is 0 Å². The summed E-state index contributed by atoms with van der Waals surface area (Å²) in [5, 5.41) is 21.1. The van der Waals surface area contributed by atoms with E-state index in [9.17, 15) is 9.59 Å². The molecule has 22 heavy (non-hydrogen) atoms. The van der Waals surface area contributed by atoms with Crippen LogP contribution in [0.3, 0.4) is 0 Å². The van der Waals surface area contributed by atoms with Crippen LogP contribution in [0.25, 0.3) is 0 Å². The largest absolute Gasteiger partial charge is 0.480 e. The van der Waals surface area contributed by atoms with Gasteiger partial charge in [0.2, 0.25) is 0 Å². The van der Waals surface area contributed by atoms with Crippen molar-refractivity contribution in [3.8, 4) is 0 Å². The van der Waals surface area contributed by atoms with Crippen LogP contribution in [0.4, 0.5) is 0 Å². The van der Waals surface area contributed by atoms with E-state index in [0.717, 1.165) is 4.88 Å². The third kappa shape index (κ3) is 4.26. The summed E-state index contributed by atoms with van der Waals surface area (Å²) in [5.41, 5.74) is 0.100. The second-order valence-corrected chi connectivity index (χ2v) is 5.58. The topological polar surface area (TPSA) is 97.1 Å². The van der Waals surface area contributed by atoms with Crippen molar-refractivity contribution in [1.82, 2.24) is 20.3 Å². The lowest BCUT2D eigenvalue weighted by molar-refractivity contribution is -0.139. The van der Waals surface area contributed by atoms with Crippen molar-refractivity contribution >= 4 is 23.2 Å². The van der Waals surface area contributed by atoms with Gasteiger partial charge in [0, 0.05) is 4.88 Å². The summed E-state index contributed by atoms with van der Waals surface area (Å²) in [6, 6.07) is 2.92. The minimum Gasteiger partial charge on any atom is -0.480 e. The molecule has 8 heteroatoms. The lowest BCUT2D eigenvalue weighted by atomic mass is 10.2. The van der Waals surface area contributed by atoms with Crippen LogP contribution in [0.1, 0.15) is 28.7 Å². The fourth-order valence-electron chi connectivity index (χ4n) is 1.77. The van der Waals surface area contributed by atoms with E-state index in [1.54, 1.807) is 35.1 Å². The molecule has 116 valence electrons. The molecular weight excluding hydrogens is 304 g/mol. The van der Waals surface area contributed by atoms with Gasteiger partial charge in [-0.15, -0.1) is 16.4 Å². The highest BCUT2D eigenvalue weighted by atomic mass is 32.1. The zero-order valence-corrected chi connectivity index (χ0v) is 12.8. The number of thiophene rings is 1. The normalized spacial score (nSPS) is 12.4. The first-order chi connectivity index (χ1) is 10.6. The number of carbonyl (C=O) groups is 2. The van der Waals surface area contributed by atoms with Gasteiger partial charge in [-0.2, -0.15) is 0 Å². The molecule has 0 fully saturated rings. The number of aliphatic carboxylic acids is 1. The van der Waals surface area contributed by atoms with Crippen LogP contribution in [0.5, 0.6) is 0 Å². The van der Waals surface area contributed by atoms with Crippen LogP contribution in [0.2, 0.25) is 0 Å². The van der Waals surface area contributed by atoms with Crippen LogP contribution >= 0.6 is 11.3 Å².